The molecule has 0 saturated carbocycles. The summed E-state index contributed by atoms with van der Waals surface area (Å²) >= 11 is 0. The van der Waals surface area contributed by atoms with Crippen LogP contribution in [-0.4, -0.2) is 200 Å². The number of amides is 10. The monoisotopic (exact) mass is 744 g/mol. The minimum absolute atomic E-state index is 0.0122. The van der Waals surface area contributed by atoms with Crippen LogP contribution in [0.1, 0.15) is 0 Å². The molecule has 35 heteroatoms. The van der Waals surface area contributed by atoms with E-state index >= 15 is 0 Å². The number of aromatic amines is 5. The number of nitrogens with one attached hydrogen (secondary N) is 12. The van der Waals surface area contributed by atoms with Crippen molar-refractivity contribution < 1.29 is 24.0 Å². The number of carbonyl (C=O) groups is 5. The summed E-state index contributed by atoms with van der Waals surface area (Å²) in [4.78, 5) is 68.1. The van der Waals surface area contributed by atoms with E-state index in [-0.39, 0.29) is 82.1 Å². The van der Waals surface area contributed by atoms with Gasteiger partial charge in [-0.3, -0.25) is 26.6 Å². The van der Waals surface area contributed by atoms with Gasteiger partial charge in [0.05, 0.1) is 0 Å². The van der Waals surface area contributed by atoms with Gasteiger partial charge in [-0.2, -0.15) is 0 Å². The van der Waals surface area contributed by atoms with Crippen molar-refractivity contribution in [2.24, 2.45) is 0 Å². The Kier molecular flexibility index (Phi) is 12.5. The van der Waals surface area contributed by atoms with Gasteiger partial charge >= 0.3 is 30.2 Å². The molecule has 10 amide bonds. The van der Waals surface area contributed by atoms with Gasteiger partial charge in [0.2, 0.25) is 29.7 Å². The molecule has 0 aliphatic carbocycles. The van der Waals surface area contributed by atoms with Crippen molar-refractivity contribution in [2.75, 3.05) is 78.9 Å². The first kappa shape index (κ1) is 36.0. The highest BCUT2D eigenvalue weighted by Gasteiger charge is 2.23. The SMILES string of the molecule is O=C(NCCN(CCN(CCN(CCNC(=O)Nc1nnn[nH]1)C(=O)Nc1nnn[nH]1)C(=O)Nc1nnn[nH]1)C(=O)Nc1nnn[nH]1)Nc1nnn[nH]1. The van der Waals surface area contributed by atoms with Gasteiger partial charge in [0.25, 0.3) is 0 Å². The third kappa shape index (κ3) is 11.7. The van der Waals surface area contributed by atoms with E-state index in [2.05, 4.69) is 140 Å². The van der Waals surface area contributed by atoms with E-state index in [1.54, 1.807) is 0 Å². The van der Waals surface area contributed by atoms with E-state index in [0.717, 1.165) is 0 Å². The zero-order chi connectivity index (χ0) is 37.3. The molecule has 0 fully saturated rings. The van der Waals surface area contributed by atoms with Gasteiger partial charge in [0.15, 0.2) is 0 Å². The van der Waals surface area contributed by atoms with Gasteiger partial charge in [0, 0.05) is 52.4 Å². The molecule has 0 bridgehead atoms. The molecule has 0 saturated heterocycles. The molecule has 35 nitrogen and oxygen atoms in total. The minimum Gasteiger partial charge on any atom is -0.336 e. The predicted octanol–water partition coefficient (Wildman–Crippen LogP) is -5.20. The van der Waals surface area contributed by atoms with Crippen LogP contribution >= 0.6 is 0 Å². The summed E-state index contributed by atoms with van der Waals surface area (Å²) < 4.78 is 0. The zero-order valence-electron chi connectivity index (χ0n) is 26.7. The molecule has 12 N–H and O–H groups in total. The molecule has 280 valence electrons. The molecular weight excluding hydrogens is 716 g/mol. The number of anilines is 5. The smallest absolute Gasteiger partial charge is 0.324 e. The summed E-state index contributed by atoms with van der Waals surface area (Å²) in [6, 6.07) is -3.47. The van der Waals surface area contributed by atoms with Crippen molar-refractivity contribution in [3.63, 3.8) is 0 Å². The molecule has 5 heterocycles. The Morgan fingerprint density at radius 1 is 0.396 bits per heavy atom. The topological polar surface area (TPSA) is 452 Å². The van der Waals surface area contributed by atoms with E-state index in [4.69, 9.17) is 0 Å². The lowest BCUT2D eigenvalue weighted by Crippen LogP contribution is -2.50. The van der Waals surface area contributed by atoms with Gasteiger partial charge in [-0.1, -0.05) is 25.5 Å². The number of urea groups is 5. The van der Waals surface area contributed by atoms with Crippen LogP contribution in [0, 0.1) is 0 Å². The summed E-state index contributed by atoms with van der Waals surface area (Å²) in [6.45, 7) is -0.814. The standard InChI is InChI=1S/C18H28N30O5/c49-14(21-9-26-36-37-27-9)19-1-3-46(16(51)23-11-30-40-41-31-11)5-7-48(18(53)25-13-34-44-45-35-13)8-6-47(17(52)24-12-32-42-43-33-12)4-2-20-15(50)22-10-28-38-39-29-10/h1-8H2,(H2,23,30,31,40,41,51)(H2,24,32,33,42,43,52)(H2,25,34,35,44,45,53)(H3,19,21,26,27,36,37,49)(H3,20,22,28,29,38,39,50). The highest BCUT2D eigenvalue weighted by molar-refractivity contribution is 5.90. The molecular formula is C18H28N30O5. The molecule has 0 atom stereocenters. The van der Waals surface area contributed by atoms with E-state index in [9.17, 15) is 24.0 Å². The van der Waals surface area contributed by atoms with Crippen LogP contribution in [-0.2, 0) is 0 Å². The molecule has 0 radical (unpaired) electrons. The maximum Gasteiger partial charge on any atom is 0.324 e. The van der Waals surface area contributed by atoms with Crippen molar-refractivity contribution >= 4 is 59.9 Å². The van der Waals surface area contributed by atoms with Crippen LogP contribution in [0.3, 0.4) is 0 Å². The first-order valence-corrected chi connectivity index (χ1v) is 14.8. The maximum absolute atomic E-state index is 13.4. The highest BCUT2D eigenvalue weighted by atomic mass is 16.2. The molecule has 5 aromatic heterocycles. The van der Waals surface area contributed by atoms with Crippen LogP contribution in [0.25, 0.3) is 0 Å². The van der Waals surface area contributed by atoms with Crippen molar-refractivity contribution in [3.05, 3.63) is 0 Å². The van der Waals surface area contributed by atoms with Crippen molar-refractivity contribution in [1.82, 2.24) is 128 Å². The number of tetrazole rings is 5. The number of carbonyl (C=O) groups excluding carboxylic acids is 5. The second-order valence-electron chi connectivity index (χ2n) is 9.76. The Labute approximate surface area is 291 Å². The molecule has 0 aliphatic heterocycles. The normalized spacial score (nSPS) is 10.5. The lowest BCUT2D eigenvalue weighted by Gasteiger charge is -2.30. The maximum atomic E-state index is 13.4. The zero-order valence-corrected chi connectivity index (χ0v) is 26.7. The first-order valence-electron chi connectivity index (χ1n) is 14.8. The van der Waals surface area contributed by atoms with E-state index in [1.807, 2.05) is 0 Å². The Morgan fingerprint density at radius 3 is 0.925 bits per heavy atom. The second-order valence-corrected chi connectivity index (χ2v) is 9.76. The lowest BCUT2D eigenvalue weighted by molar-refractivity contribution is 0.177. The Balaban J connectivity index is 1.24. The molecule has 5 rings (SSSR count). The Hall–Kier alpha value is -8.30. The molecule has 53 heavy (non-hydrogen) atoms. The summed E-state index contributed by atoms with van der Waals surface area (Å²) in [7, 11) is 0. The van der Waals surface area contributed by atoms with Gasteiger partial charge in [-0.25, -0.2) is 49.5 Å². The van der Waals surface area contributed by atoms with Crippen LogP contribution in [0.15, 0.2) is 0 Å². The van der Waals surface area contributed by atoms with Crippen molar-refractivity contribution in [2.45, 2.75) is 0 Å². The highest BCUT2D eigenvalue weighted by Crippen LogP contribution is 2.04. The van der Waals surface area contributed by atoms with Gasteiger partial charge < -0.3 is 25.3 Å². The fraction of sp³-hybridized carbons (Fsp3) is 0.444. The number of aromatic nitrogens is 20. The summed E-state index contributed by atoms with van der Waals surface area (Å²) in [5.74, 6) is -0.253. The first-order chi connectivity index (χ1) is 25.8. The number of rotatable bonds is 17. The van der Waals surface area contributed by atoms with Crippen molar-refractivity contribution in [1.29, 1.82) is 0 Å². The molecule has 0 aromatic carbocycles. The van der Waals surface area contributed by atoms with E-state index in [1.165, 1.54) is 14.7 Å². The third-order valence-electron chi connectivity index (χ3n) is 6.34. The number of nitrogens with zero attached hydrogens (tertiary/aromatic N) is 18. The third-order valence-corrected chi connectivity index (χ3v) is 6.34. The number of hydrogen-bond acceptors (Lipinski definition) is 20. The number of hydrogen-bond donors (Lipinski definition) is 12. The fourth-order valence-electron chi connectivity index (χ4n) is 3.94. The van der Waals surface area contributed by atoms with Crippen LogP contribution in [0.2, 0.25) is 0 Å². The molecule has 0 aliphatic rings. The molecule has 0 spiro atoms. The van der Waals surface area contributed by atoms with E-state index < -0.39 is 30.2 Å². The van der Waals surface area contributed by atoms with Gasteiger partial charge in [-0.15, -0.1) is 0 Å². The van der Waals surface area contributed by atoms with Crippen LogP contribution in [0.4, 0.5) is 53.7 Å². The van der Waals surface area contributed by atoms with Gasteiger partial charge in [-0.05, 0) is 52.1 Å². The Morgan fingerprint density at radius 2 is 0.660 bits per heavy atom. The average Bonchev–Trinajstić information content (AvgIpc) is 3.98. The predicted molar refractivity (Wildman–Crippen MR) is 167 cm³/mol. The van der Waals surface area contributed by atoms with Crippen molar-refractivity contribution in [3.8, 4) is 0 Å². The lowest BCUT2D eigenvalue weighted by atomic mass is 10.4. The molecule has 5 aromatic rings. The van der Waals surface area contributed by atoms with E-state index in [0.29, 0.717) is 0 Å². The second kappa shape index (κ2) is 18.5. The summed E-state index contributed by atoms with van der Waals surface area (Å²) in [6.07, 6.45) is 0. The summed E-state index contributed by atoms with van der Waals surface area (Å²) in [5.41, 5.74) is 0. The average molecular weight is 745 g/mol. The quantitative estimate of drug-likeness (QED) is 0.0423. The Bertz CT molecular complexity index is 1710. The van der Waals surface area contributed by atoms with Crippen LogP contribution < -0.4 is 37.2 Å². The number of H-pyrrole nitrogens is 5. The largest absolute Gasteiger partial charge is 0.336 e. The van der Waals surface area contributed by atoms with Crippen LogP contribution in [0.5, 0.6) is 0 Å². The molecule has 0 unspecified atom stereocenters. The fourth-order valence-corrected chi connectivity index (χ4v) is 3.94. The minimum atomic E-state index is -0.723. The van der Waals surface area contributed by atoms with Gasteiger partial charge in [0.1, 0.15) is 0 Å². The summed E-state index contributed by atoms with van der Waals surface area (Å²) in [5, 5.41) is 81.1.